The number of nitrogens with one attached hydrogen (secondary N) is 3. The van der Waals surface area contributed by atoms with Crippen molar-refractivity contribution in [1.29, 1.82) is 0 Å². The van der Waals surface area contributed by atoms with Crippen LogP contribution in [0.25, 0.3) is 11.6 Å². The van der Waals surface area contributed by atoms with Gasteiger partial charge < -0.3 is 15.1 Å². The number of aliphatic imine (C=N–C) groups is 1. The Hall–Kier alpha value is -2.74. The molecule has 3 N–H and O–H groups in total. The van der Waals surface area contributed by atoms with Crippen molar-refractivity contribution in [3.05, 3.63) is 54.6 Å². The molecule has 136 valence electrons. The predicted molar refractivity (Wildman–Crippen MR) is 104 cm³/mol. The van der Waals surface area contributed by atoms with Gasteiger partial charge >= 0.3 is 0 Å². The number of guanidine groups is 1. The van der Waals surface area contributed by atoms with Gasteiger partial charge in [0.2, 0.25) is 5.82 Å². The summed E-state index contributed by atoms with van der Waals surface area (Å²) in [6.07, 6.45) is 1.60. The van der Waals surface area contributed by atoms with E-state index in [9.17, 15) is 0 Å². The normalized spacial score (nSPS) is 12.8. The van der Waals surface area contributed by atoms with Crippen LogP contribution in [-0.2, 0) is 6.54 Å². The number of hydrogen-bond acceptors (Lipinski definition) is 5. The van der Waals surface area contributed by atoms with Crippen LogP contribution in [0.2, 0.25) is 0 Å². The monoisotopic (exact) mass is 370 g/mol. The third-order valence-electron chi connectivity index (χ3n) is 3.56. The first kappa shape index (κ1) is 18.1. The number of rotatable bonds is 7. The molecule has 7 nitrogen and oxygen atoms in total. The fraction of sp³-hybridized carbons (Fsp3) is 0.278. The van der Waals surface area contributed by atoms with Gasteiger partial charge in [-0.3, -0.25) is 10.1 Å². The van der Waals surface area contributed by atoms with Crippen LogP contribution < -0.4 is 10.6 Å². The van der Waals surface area contributed by atoms with E-state index in [0.717, 1.165) is 12.5 Å². The summed E-state index contributed by atoms with van der Waals surface area (Å²) >= 11 is 1.83. The van der Waals surface area contributed by atoms with Gasteiger partial charge in [-0.15, -0.1) is 16.9 Å². The number of aromatic amines is 1. The summed E-state index contributed by atoms with van der Waals surface area (Å²) in [7, 11) is 1.75. The second kappa shape index (κ2) is 9.10. The zero-order valence-electron chi connectivity index (χ0n) is 14.8. The molecule has 3 rings (SSSR count). The van der Waals surface area contributed by atoms with E-state index < -0.39 is 0 Å². The Morgan fingerprint density at radius 1 is 1.23 bits per heavy atom. The second-order valence-corrected chi connectivity index (χ2v) is 7.14. The van der Waals surface area contributed by atoms with Gasteiger partial charge in [-0.25, -0.2) is 4.98 Å². The fourth-order valence-electron chi connectivity index (χ4n) is 2.29. The van der Waals surface area contributed by atoms with Crippen LogP contribution in [0.15, 0.2) is 63.0 Å². The summed E-state index contributed by atoms with van der Waals surface area (Å²) in [5.41, 5.74) is 0. The van der Waals surface area contributed by atoms with Crippen LogP contribution in [-0.4, -0.2) is 40.0 Å². The van der Waals surface area contributed by atoms with Crippen molar-refractivity contribution in [2.45, 2.75) is 23.6 Å². The van der Waals surface area contributed by atoms with Crippen molar-refractivity contribution in [1.82, 2.24) is 25.8 Å². The van der Waals surface area contributed by atoms with Crippen LogP contribution in [0.4, 0.5) is 0 Å². The molecule has 1 atom stereocenters. The minimum Gasteiger partial charge on any atom is -0.461 e. The lowest BCUT2D eigenvalue weighted by Gasteiger charge is -2.15. The summed E-state index contributed by atoms with van der Waals surface area (Å²) < 4.78 is 5.29. The second-order valence-electron chi connectivity index (χ2n) is 5.63. The lowest BCUT2D eigenvalue weighted by molar-refractivity contribution is 0.577. The minimum atomic E-state index is 0.409. The van der Waals surface area contributed by atoms with Gasteiger partial charge in [0.1, 0.15) is 5.82 Å². The number of benzene rings is 1. The number of H-pyrrole nitrogens is 1. The van der Waals surface area contributed by atoms with Crippen molar-refractivity contribution >= 4 is 17.7 Å². The van der Waals surface area contributed by atoms with Crippen molar-refractivity contribution in [2.24, 2.45) is 4.99 Å². The highest BCUT2D eigenvalue weighted by atomic mass is 32.2. The lowest BCUT2D eigenvalue weighted by Crippen LogP contribution is -2.39. The molecule has 2 heterocycles. The molecule has 0 aliphatic rings. The topological polar surface area (TPSA) is 91.1 Å². The average Bonchev–Trinajstić information content (AvgIpc) is 3.34. The van der Waals surface area contributed by atoms with Gasteiger partial charge in [-0.1, -0.05) is 25.1 Å². The molecule has 0 fully saturated rings. The van der Waals surface area contributed by atoms with E-state index in [-0.39, 0.29) is 0 Å². The van der Waals surface area contributed by atoms with Crippen LogP contribution in [0.5, 0.6) is 0 Å². The molecule has 8 heteroatoms. The SMILES string of the molecule is CN=C(NCc1nc(-c2ccco2)n[nH]1)NCC(C)Sc1ccccc1. The Bertz CT molecular complexity index is 815. The Morgan fingerprint density at radius 3 is 2.81 bits per heavy atom. The molecule has 0 amide bonds. The van der Waals surface area contributed by atoms with Crippen LogP contribution in [0.1, 0.15) is 12.7 Å². The van der Waals surface area contributed by atoms with E-state index in [1.54, 1.807) is 13.3 Å². The number of aromatic nitrogens is 3. The maximum Gasteiger partial charge on any atom is 0.216 e. The number of nitrogens with zero attached hydrogens (tertiary/aromatic N) is 3. The quantitative estimate of drug-likeness (QED) is 0.336. The summed E-state index contributed by atoms with van der Waals surface area (Å²) in [6.45, 7) is 3.48. The molecular formula is C18H22N6OS. The Labute approximate surface area is 156 Å². The molecule has 26 heavy (non-hydrogen) atoms. The molecule has 0 aliphatic heterocycles. The van der Waals surface area contributed by atoms with E-state index >= 15 is 0 Å². The highest BCUT2D eigenvalue weighted by Crippen LogP contribution is 2.21. The smallest absolute Gasteiger partial charge is 0.216 e. The summed E-state index contributed by atoms with van der Waals surface area (Å²) in [6, 6.07) is 14.0. The van der Waals surface area contributed by atoms with Gasteiger partial charge in [0.05, 0.1) is 12.8 Å². The highest BCUT2D eigenvalue weighted by Gasteiger charge is 2.09. The summed E-state index contributed by atoms with van der Waals surface area (Å²) in [5, 5.41) is 14.0. The standard InChI is InChI=1S/C18H22N6OS/c1-13(26-14-7-4-3-5-8-14)11-20-18(19-2)21-12-16-22-17(24-23-16)15-9-6-10-25-15/h3-10,13H,11-12H2,1-2H3,(H2,19,20,21)(H,22,23,24). The Balaban J connectivity index is 1.45. The molecule has 0 spiro atoms. The largest absolute Gasteiger partial charge is 0.461 e. The van der Waals surface area contributed by atoms with Crippen LogP contribution in [0.3, 0.4) is 0 Å². The van der Waals surface area contributed by atoms with Gasteiger partial charge in [0.15, 0.2) is 11.7 Å². The molecule has 0 aliphatic carbocycles. The molecule has 0 saturated carbocycles. The van der Waals surface area contributed by atoms with E-state index in [4.69, 9.17) is 4.42 Å². The first-order valence-electron chi connectivity index (χ1n) is 8.36. The van der Waals surface area contributed by atoms with Crippen molar-refractivity contribution < 1.29 is 4.42 Å². The van der Waals surface area contributed by atoms with Crippen molar-refractivity contribution in [3.8, 4) is 11.6 Å². The first-order valence-corrected chi connectivity index (χ1v) is 9.24. The fourth-order valence-corrected chi connectivity index (χ4v) is 3.24. The van der Waals surface area contributed by atoms with Crippen LogP contribution in [0, 0.1) is 0 Å². The van der Waals surface area contributed by atoms with Crippen molar-refractivity contribution in [2.75, 3.05) is 13.6 Å². The molecule has 2 aromatic heterocycles. The van der Waals surface area contributed by atoms with Gasteiger partial charge in [0, 0.05) is 23.7 Å². The third kappa shape index (κ3) is 5.13. The third-order valence-corrected chi connectivity index (χ3v) is 4.67. The highest BCUT2D eigenvalue weighted by molar-refractivity contribution is 8.00. The van der Waals surface area contributed by atoms with Gasteiger partial charge in [-0.2, -0.15) is 0 Å². The van der Waals surface area contributed by atoms with Crippen molar-refractivity contribution in [3.63, 3.8) is 0 Å². The minimum absolute atomic E-state index is 0.409. The van der Waals surface area contributed by atoms with Crippen LogP contribution >= 0.6 is 11.8 Å². The zero-order chi connectivity index (χ0) is 18.2. The number of thioether (sulfide) groups is 1. The van der Waals surface area contributed by atoms with Gasteiger partial charge in [0.25, 0.3) is 0 Å². The molecule has 3 aromatic rings. The maximum absolute atomic E-state index is 5.29. The van der Waals surface area contributed by atoms with E-state index in [2.05, 4.69) is 62.0 Å². The maximum atomic E-state index is 5.29. The number of furan rings is 1. The lowest BCUT2D eigenvalue weighted by atomic mass is 10.4. The number of hydrogen-bond donors (Lipinski definition) is 3. The van der Waals surface area contributed by atoms with E-state index in [1.807, 2.05) is 30.0 Å². The first-order chi connectivity index (χ1) is 12.7. The predicted octanol–water partition coefficient (Wildman–Crippen LogP) is 2.91. The molecule has 0 saturated heterocycles. The molecule has 1 unspecified atom stereocenters. The molecule has 1 aromatic carbocycles. The summed E-state index contributed by atoms with van der Waals surface area (Å²) in [4.78, 5) is 9.90. The zero-order valence-corrected chi connectivity index (χ0v) is 15.6. The van der Waals surface area contributed by atoms with E-state index in [1.165, 1.54) is 4.90 Å². The average molecular weight is 370 g/mol. The Kier molecular flexibility index (Phi) is 6.32. The van der Waals surface area contributed by atoms with Gasteiger partial charge in [-0.05, 0) is 24.3 Å². The molecule has 0 radical (unpaired) electrons. The van der Waals surface area contributed by atoms with E-state index in [0.29, 0.717) is 29.2 Å². The molecular weight excluding hydrogens is 348 g/mol. The Morgan fingerprint density at radius 2 is 2.08 bits per heavy atom. The summed E-state index contributed by atoms with van der Waals surface area (Å²) in [5.74, 6) is 2.62. The molecule has 0 bridgehead atoms.